The van der Waals surface area contributed by atoms with Gasteiger partial charge in [-0.3, -0.25) is 4.90 Å². The van der Waals surface area contributed by atoms with E-state index < -0.39 is 35.5 Å². The van der Waals surface area contributed by atoms with Crippen LogP contribution in [0, 0.1) is 11.6 Å². The number of tetrazole rings is 1. The van der Waals surface area contributed by atoms with Crippen molar-refractivity contribution in [3.8, 4) is 5.69 Å². The lowest BCUT2D eigenvalue weighted by atomic mass is 9.85. The van der Waals surface area contributed by atoms with E-state index >= 15 is 4.39 Å². The molecule has 1 N–H and O–H groups in total. The van der Waals surface area contributed by atoms with Gasteiger partial charge in [-0.1, -0.05) is 6.07 Å². The first kappa shape index (κ1) is 29.5. The maximum atomic E-state index is 15.2. The fourth-order valence-electron chi connectivity index (χ4n) is 4.87. The van der Waals surface area contributed by atoms with Crippen LogP contribution in [0.3, 0.4) is 0 Å². The molecule has 0 bridgehead atoms. The summed E-state index contributed by atoms with van der Waals surface area (Å²) in [6.07, 6.45) is 3.01. The normalized spacial score (nSPS) is 15.6. The van der Waals surface area contributed by atoms with Crippen molar-refractivity contribution in [1.82, 2.24) is 34.9 Å². The van der Waals surface area contributed by atoms with Gasteiger partial charge in [0.05, 0.1) is 17.8 Å². The Balaban J connectivity index is 1.37. The molecule has 14 nitrogen and oxygen atoms in total. The quantitative estimate of drug-likeness (QED) is 0.214. The number of hydrogen-bond acceptors (Lipinski definition) is 9. The number of aliphatic hydroxyl groups is 1. The Morgan fingerprint density at radius 1 is 1.12 bits per heavy atom. The summed E-state index contributed by atoms with van der Waals surface area (Å²) in [5.74, 6) is -1.79. The van der Waals surface area contributed by atoms with Gasteiger partial charge in [-0.05, 0) is 61.5 Å². The van der Waals surface area contributed by atoms with Crippen LogP contribution >= 0.6 is 0 Å². The Kier molecular flexibility index (Phi) is 8.29. The molecule has 2 aromatic heterocycles. The number of ether oxygens (including phenoxy) is 2. The minimum absolute atomic E-state index is 0.211. The number of amides is 2. The highest BCUT2D eigenvalue weighted by molar-refractivity contribution is 5.94. The van der Waals surface area contributed by atoms with E-state index in [1.165, 1.54) is 42.7 Å². The summed E-state index contributed by atoms with van der Waals surface area (Å²) in [6.45, 7) is 4.95. The van der Waals surface area contributed by atoms with Crippen LogP contribution in [0.5, 0.6) is 0 Å². The molecule has 1 aliphatic heterocycles. The zero-order valence-electron chi connectivity index (χ0n) is 23.6. The van der Waals surface area contributed by atoms with E-state index in [1.807, 2.05) is 0 Å². The lowest BCUT2D eigenvalue weighted by molar-refractivity contribution is -0.728. The Hall–Kier alpha value is -4.99. The van der Waals surface area contributed by atoms with Crippen LogP contribution in [0.1, 0.15) is 26.3 Å². The van der Waals surface area contributed by atoms with Gasteiger partial charge in [0.1, 0.15) is 30.1 Å². The summed E-state index contributed by atoms with van der Waals surface area (Å²) in [4.78, 5) is 28.3. The van der Waals surface area contributed by atoms with Crippen molar-refractivity contribution < 1.29 is 37.5 Å². The largest absolute Gasteiger partial charge is 0.511 e. The number of anilines is 1. The third-order valence-corrected chi connectivity index (χ3v) is 7.07. The topological polar surface area (TPSA) is 145 Å². The number of hydrogen-bond donors (Lipinski definition) is 1. The van der Waals surface area contributed by atoms with E-state index in [4.69, 9.17) is 9.47 Å². The molecule has 0 radical (unpaired) electrons. The van der Waals surface area contributed by atoms with Gasteiger partial charge in [-0.2, -0.15) is 0 Å². The maximum Gasteiger partial charge on any atom is 0.511 e. The monoisotopic (exact) mass is 598 g/mol. The number of aromatic nitrogens is 7. The zero-order chi connectivity index (χ0) is 30.7. The van der Waals surface area contributed by atoms with Gasteiger partial charge in [0.15, 0.2) is 0 Å². The predicted octanol–water partition coefficient (Wildman–Crippen LogP) is 2.16. The minimum Gasteiger partial charge on any atom is -0.431 e. The third kappa shape index (κ3) is 6.28. The van der Waals surface area contributed by atoms with E-state index in [0.29, 0.717) is 24.0 Å². The summed E-state index contributed by atoms with van der Waals surface area (Å²) in [5.41, 5.74) is -0.950. The van der Waals surface area contributed by atoms with Crippen molar-refractivity contribution in [2.75, 3.05) is 18.0 Å². The van der Waals surface area contributed by atoms with Crippen molar-refractivity contribution in [1.29, 1.82) is 0 Å². The molecule has 2 amide bonds. The summed E-state index contributed by atoms with van der Waals surface area (Å²) < 4.78 is 43.2. The van der Waals surface area contributed by atoms with Gasteiger partial charge >= 0.3 is 12.2 Å². The molecule has 16 heteroatoms. The molecule has 0 saturated carbocycles. The van der Waals surface area contributed by atoms with E-state index in [2.05, 4.69) is 20.6 Å². The molecule has 1 fully saturated rings. The number of urea groups is 1. The molecule has 0 unspecified atom stereocenters. The highest BCUT2D eigenvalue weighted by Gasteiger charge is 2.47. The molecule has 5 rings (SSSR count). The molecule has 0 aliphatic carbocycles. The number of rotatable bonds is 10. The predicted molar refractivity (Wildman–Crippen MR) is 143 cm³/mol. The lowest BCUT2D eigenvalue weighted by Gasteiger charge is -2.38. The van der Waals surface area contributed by atoms with E-state index in [1.54, 1.807) is 45.0 Å². The fraction of sp³-hybridized carbons (Fsp3) is 0.370. The van der Waals surface area contributed by atoms with Crippen LogP contribution < -0.4 is 9.47 Å². The molecule has 1 aliphatic rings. The summed E-state index contributed by atoms with van der Waals surface area (Å²) in [5, 5.41) is 27.4. The number of carbonyl (C=O) groups is 2. The number of nitrogens with zero attached hydrogens (tertiary/aromatic N) is 9. The van der Waals surface area contributed by atoms with Crippen LogP contribution in [0.15, 0.2) is 61.4 Å². The lowest BCUT2D eigenvalue weighted by Crippen LogP contribution is -2.53. The zero-order valence-corrected chi connectivity index (χ0v) is 23.6. The SMILES string of the molecule is CC(C)OC(=O)OC[n+]1cnn(C[C@](O)(c2ccc(F)cc2F)[C@@H](C)N2CCN(c3ccc(-n4cnnn4)cc3)C2=O)c1. The second-order valence-electron chi connectivity index (χ2n) is 10.3. The highest BCUT2D eigenvalue weighted by Crippen LogP contribution is 2.35. The number of halogens is 2. The first-order valence-corrected chi connectivity index (χ1v) is 13.4. The maximum absolute atomic E-state index is 15.2. The van der Waals surface area contributed by atoms with E-state index in [-0.39, 0.29) is 31.5 Å². The Morgan fingerprint density at radius 3 is 2.53 bits per heavy atom. The fourth-order valence-corrected chi connectivity index (χ4v) is 4.87. The van der Waals surface area contributed by atoms with Crippen LogP contribution in [0.4, 0.5) is 24.1 Å². The summed E-state index contributed by atoms with van der Waals surface area (Å²) >= 11 is 0. The van der Waals surface area contributed by atoms with Crippen molar-refractivity contribution in [2.45, 2.75) is 51.8 Å². The van der Waals surface area contributed by atoms with Gasteiger partial charge in [-0.25, -0.2) is 27.6 Å². The standard InChI is InChI=1S/C27H30F2N9O5/c1-18(2)43-26(40)42-17-34-15-31-35(16-34)13-27(41,23-9-4-20(28)12-24(23)29)19(3)36-10-11-37(25(36)39)21-5-7-22(8-6-21)38-14-30-32-33-38/h4-9,12,14-16,18-19,41H,10-11,13,17H2,1-3H3/q+1/t19-,27-/m1/s1. The van der Waals surface area contributed by atoms with E-state index in [0.717, 1.165) is 12.1 Å². The van der Waals surface area contributed by atoms with Gasteiger partial charge in [0.25, 0.3) is 6.33 Å². The van der Waals surface area contributed by atoms with Gasteiger partial charge in [0, 0.05) is 35.5 Å². The average molecular weight is 599 g/mol. The number of benzene rings is 2. The number of carbonyl (C=O) groups excluding carboxylic acids is 2. The molecule has 4 aromatic rings. The molecule has 0 spiro atoms. The van der Waals surface area contributed by atoms with Crippen molar-refractivity contribution in [3.05, 3.63) is 78.6 Å². The highest BCUT2D eigenvalue weighted by atomic mass is 19.1. The Bertz CT molecular complexity index is 1580. The molecule has 2 atom stereocenters. The molecule has 226 valence electrons. The van der Waals surface area contributed by atoms with Gasteiger partial charge < -0.3 is 19.5 Å². The Labute approximate surface area is 244 Å². The molecule has 1 saturated heterocycles. The molecule has 2 aromatic carbocycles. The van der Waals surface area contributed by atoms with Crippen molar-refractivity contribution in [3.63, 3.8) is 0 Å². The van der Waals surface area contributed by atoms with Crippen LogP contribution in [0.25, 0.3) is 5.69 Å². The average Bonchev–Trinajstić information content (AvgIpc) is 3.73. The minimum atomic E-state index is -2.05. The van der Waals surface area contributed by atoms with Crippen molar-refractivity contribution in [2.24, 2.45) is 0 Å². The van der Waals surface area contributed by atoms with Crippen LogP contribution in [-0.4, -0.2) is 77.4 Å². The van der Waals surface area contributed by atoms with Gasteiger partial charge in [-0.15, -0.1) is 9.78 Å². The van der Waals surface area contributed by atoms with E-state index in [9.17, 15) is 19.1 Å². The summed E-state index contributed by atoms with van der Waals surface area (Å²) in [7, 11) is 0. The first-order valence-electron chi connectivity index (χ1n) is 13.4. The molecule has 43 heavy (non-hydrogen) atoms. The smallest absolute Gasteiger partial charge is 0.431 e. The molecular weight excluding hydrogens is 568 g/mol. The molecular formula is C27H30F2N9O5+. The van der Waals surface area contributed by atoms with Crippen LogP contribution in [0.2, 0.25) is 0 Å². The van der Waals surface area contributed by atoms with Crippen LogP contribution in [-0.2, 0) is 28.4 Å². The second-order valence-corrected chi connectivity index (χ2v) is 10.3. The first-order chi connectivity index (χ1) is 20.5. The summed E-state index contributed by atoms with van der Waals surface area (Å²) in [6, 6.07) is 8.49. The van der Waals surface area contributed by atoms with Gasteiger partial charge in [0.2, 0.25) is 13.1 Å². The Morgan fingerprint density at radius 2 is 1.86 bits per heavy atom. The third-order valence-electron chi connectivity index (χ3n) is 7.07. The van der Waals surface area contributed by atoms with Crippen molar-refractivity contribution >= 4 is 17.9 Å². The second kappa shape index (κ2) is 12.1. The molecule has 3 heterocycles.